The summed E-state index contributed by atoms with van der Waals surface area (Å²) >= 11 is 11.9. The Morgan fingerprint density at radius 1 is 1.29 bits per heavy atom. The highest BCUT2D eigenvalue weighted by Crippen LogP contribution is 2.37. The monoisotopic (exact) mass is 389 g/mol. The van der Waals surface area contributed by atoms with Gasteiger partial charge in [-0.25, -0.2) is 0 Å². The van der Waals surface area contributed by atoms with E-state index >= 15 is 0 Å². The Morgan fingerprint density at radius 3 is 2.42 bits per heavy atom. The van der Waals surface area contributed by atoms with Gasteiger partial charge in [0.25, 0.3) is 0 Å². The van der Waals surface area contributed by atoms with Gasteiger partial charge in [-0.05, 0) is 47.8 Å². The van der Waals surface area contributed by atoms with Gasteiger partial charge in [0.2, 0.25) is 0 Å². The molecule has 0 saturated carbocycles. The zero-order valence-electron chi connectivity index (χ0n) is 14.8. The first kappa shape index (κ1) is 21.3. The molecule has 0 heterocycles. The molecule has 134 valence electrons. The third kappa shape index (κ3) is 5.65. The average Bonchev–Trinajstić information content (AvgIpc) is 2.46. The van der Waals surface area contributed by atoms with Gasteiger partial charge in [-0.1, -0.05) is 55.2 Å². The summed E-state index contributed by atoms with van der Waals surface area (Å²) in [5.74, 6) is 0. The summed E-state index contributed by atoms with van der Waals surface area (Å²) in [4.78, 5) is 2.84. The number of hydrogen-bond acceptors (Lipinski definition) is 3. The summed E-state index contributed by atoms with van der Waals surface area (Å²) in [6.07, 6.45) is -0.487. The van der Waals surface area contributed by atoms with E-state index in [0.29, 0.717) is 28.6 Å². The van der Waals surface area contributed by atoms with E-state index in [1.165, 1.54) is 0 Å². The Morgan fingerprint density at radius 2 is 1.92 bits per heavy atom. The number of azide groups is 1. The van der Waals surface area contributed by atoms with Gasteiger partial charge in [0.05, 0.1) is 22.2 Å². The van der Waals surface area contributed by atoms with Crippen LogP contribution in [0.1, 0.15) is 38.8 Å². The largest absolute Gasteiger partial charge is 0.417 e. The van der Waals surface area contributed by atoms with E-state index in [2.05, 4.69) is 43.9 Å². The summed E-state index contributed by atoms with van der Waals surface area (Å²) in [6.45, 7) is 11.2. The maximum Gasteiger partial charge on any atom is 0.191 e. The number of aliphatic hydroxyl groups excluding tert-OH is 1. The third-order valence-electron chi connectivity index (χ3n) is 4.51. The van der Waals surface area contributed by atoms with Crippen LogP contribution in [0, 0.1) is 0 Å². The van der Waals surface area contributed by atoms with Crippen molar-refractivity contribution in [3.63, 3.8) is 0 Å². The number of rotatable bonds is 7. The second-order valence-corrected chi connectivity index (χ2v) is 12.9. The minimum Gasteiger partial charge on any atom is -0.417 e. The molecule has 0 aliphatic carbocycles. The van der Waals surface area contributed by atoms with Crippen molar-refractivity contribution in [1.29, 1.82) is 0 Å². The molecule has 0 radical (unpaired) electrons. The maximum atomic E-state index is 10.4. The molecule has 5 nitrogen and oxygen atoms in total. The number of nitrogens with zero attached hydrogens (tertiary/aromatic N) is 3. The molecular formula is C16H25Cl2N3O2Si. The fourth-order valence-electron chi connectivity index (χ4n) is 1.93. The van der Waals surface area contributed by atoms with Gasteiger partial charge in [-0.3, -0.25) is 0 Å². The first-order valence-corrected chi connectivity index (χ1v) is 11.5. The molecule has 0 bridgehead atoms. The summed E-state index contributed by atoms with van der Waals surface area (Å²) in [5.41, 5.74) is 9.42. The van der Waals surface area contributed by atoms with Crippen LogP contribution < -0.4 is 0 Å². The van der Waals surface area contributed by atoms with Crippen molar-refractivity contribution in [2.24, 2.45) is 5.11 Å². The summed E-state index contributed by atoms with van der Waals surface area (Å²) in [7, 11) is -1.87. The Balaban J connectivity index is 2.79. The summed E-state index contributed by atoms with van der Waals surface area (Å²) in [6, 6.07) is 4.21. The molecule has 1 unspecified atom stereocenters. The lowest BCUT2D eigenvalue weighted by Crippen LogP contribution is -2.41. The van der Waals surface area contributed by atoms with E-state index in [9.17, 15) is 5.11 Å². The highest BCUT2D eigenvalue weighted by atomic mass is 35.5. The van der Waals surface area contributed by atoms with Gasteiger partial charge < -0.3 is 9.53 Å². The smallest absolute Gasteiger partial charge is 0.191 e. The standard InChI is InChI=1S/C16H25Cl2N3O2Si/c1-16(2,3)24(4,5)23-9-8-14(22)15(20-21-19)11-6-7-12(17)13(18)10-11/h6-7,10,14-15,22H,8-9H2,1-5H3/t14-,15?/m1/s1. The molecule has 0 saturated heterocycles. The van der Waals surface area contributed by atoms with Crippen molar-refractivity contribution in [3.8, 4) is 0 Å². The molecule has 8 heteroatoms. The van der Waals surface area contributed by atoms with E-state index in [1.807, 2.05) is 0 Å². The number of benzene rings is 1. The van der Waals surface area contributed by atoms with Crippen LogP contribution in [0.25, 0.3) is 10.4 Å². The Bertz CT molecular complexity index is 614. The first-order chi connectivity index (χ1) is 11.0. The van der Waals surface area contributed by atoms with Crippen LogP contribution in [-0.2, 0) is 4.43 Å². The zero-order valence-corrected chi connectivity index (χ0v) is 17.3. The lowest BCUT2D eigenvalue weighted by atomic mass is 10.0. The topological polar surface area (TPSA) is 78.2 Å². The fraction of sp³-hybridized carbons (Fsp3) is 0.625. The van der Waals surface area contributed by atoms with E-state index in [0.717, 1.165) is 0 Å². The van der Waals surface area contributed by atoms with Crippen LogP contribution in [0.4, 0.5) is 0 Å². The summed E-state index contributed by atoms with van der Waals surface area (Å²) < 4.78 is 6.07. The van der Waals surface area contributed by atoms with Gasteiger partial charge in [0.15, 0.2) is 8.32 Å². The van der Waals surface area contributed by atoms with Crippen molar-refractivity contribution in [1.82, 2.24) is 0 Å². The lowest BCUT2D eigenvalue weighted by molar-refractivity contribution is 0.111. The molecule has 0 fully saturated rings. The molecule has 0 aliphatic heterocycles. The number of aliphatic hydroxyl groups is 1. The van der Waals surface area contributed by atoms with Crippen LogP contribution in [0.2, 0.25) is 28.2 Å². The second-order valence-electron chi connectivity index (χ2n) is 7.29. The lowest BCUT2D eigenvalue weighted by Gasteiger charge is -2.36. The van der Waals surface area contributed by atoms with E-state index in [-0.39, 0.29) is 5.04 Å². The van der Waals surface area contributed by atoms with Crippen LogP contribution >= 0.6 is 23.2 Å². The highest BCUT2D eigenvalue weighted by molar-refractivity contribution is 6.74. The molecule has 1 rings (SSSR count). The van der Waals surface area contributed by atoms with Crippen LogP contribution in [0.3, 0.4) is 0 Å². The zero-order chi connectivity index (χ0) is 18.5. The third-order valence-corrected chi connectivity index (χ3v) is 9.79. The Labute approximate surface area is 154 Å². The molecule has 0 aromatic heterocycles. The molecule has 24 heavy (non-hydrogen) atoms. The SMILES string of the molecule is CC(C)(C)[Si](C)(C)OCC[C@@H](O)C(N=[N+]=[N-])c1ccc(Cl)c(Cl)c1. The minimum absolute atomic E-state index is 0.103. The van der Waals surface area contributed by atoms with Crippen LogP contribution in [0.5, 0.6) is 0 Å². The van der Waals surface area contributed by atoms with E-state index in [1.54, 1.807) is 18.2 Å². The number of halogens is 2. The molecule has 0 amide bonds. The van der Waals surface area contributed by atoms with E-state index < -0.39 is 20.5 Å². The van der Waals surface area contributed by atoms with Crippen molar-refractivity contribution in [3.05, 3.63) is 44.3 Å². The van der Waals surface area contributed by atoms with Crippen molar-refractivity contribution < 1.29 is 9.53 Å². The predicted octanol–water partition coefficient (Wildman–Crippen LogP) is 6.12. The quantitative estimate of drug-likeness (QED) is 0.264. The fourth-order valence-corrected chi connectivity index (χ4v) is 3.29. The molecular weight excluding hydrogens is 365 g/mol. The van der Waals surface area contributed by atoms with Crippen molar-refractivity contribution >= 4 is 31.5 Å². The van der Waals surface area contributed by atoms with E-state index in [4.69, 9.17) is 33.2 Å². The number of hydrogen-bond donors (Lipinski definition) is 1. The molecule has 1 N–H and O–H groups in total. The molecule has 1 aromatic carbocycles. The van der Waals surface area contributed by atoms with Crippen molar-refractivity contribution in [2.45, 2.75) is 57.5 Å². The molecule has 0 aliphatic rings. The normalized spacial score (nSPS) is 14.8. The maximum absolute atomic E-state index is 10.4. The van der Waals surface area contributed by atoms with Gasteiger partial charge >= 0.3 is 0 Å². The minimum atomic E-state index is -1.87. The first-order valence-electron chi connectivity index (χ1n) is 7.81. The molecule has 0 spiro atoms. The van der Waals surface area contributed by atoms with Gasteiger partial charge in [-0.15, -0.1) is 0 Å². The Hall–Kier alpha value is -0.753. The van der Waals surface area contributed by atoms with Gasteiger partial charge in [0, 0.05) is 11.5 Å². The van der Waals surface area contributed by atoms with Gasteiger partial charge in [0.1, 0.15) is 0 Å². The molecule has 1 aromatic rings. The van der Waals surface area contributed by atoms with Gasteiger partial charge in [-0.2, -0.15) is 0 Å². The summed E-state index contributed by atoms with van der Waals surface area (Å²) in [5, 5.41) is 15.0. The van der Waals surface area contributed by atoms with Crippen LogP contribution in [0.15, 0.2) is 23.3 Å². The predicted molar refractivity (Wildman–Crippen MR) is 102 cm³/mol. The molecule has 2 atom stereocenters. The second kappa shape index (κ2) is 8.56. The average molecular weight is 390 g/mol. The Kier molecular flexibility index (Phi) is 7.60. The highest BCUT2D eigenvalue weighted by Gasteiger charge is 2.37. The van der Waals surface area contributed by atoms with Crippen LogP contribution in [-0.4, -0.2) is 26.1 Å². The van der Waals surface area contributed by atoms with Crippen molar-refractivity contribution in [2.75, 3.05) is 6.61 Å².